The van der Waals surface area contributed by atoms with Gasteiger partial charge in [-0.1, -0.05) is 0 Å². The summed E-state index contributed by atoms with van der Waals surface area (Å²) in [6, 6.07) is 25.9. The van der Waals surface area contributed by atoms with E-state index >= 15 is 0 Å². The van der Waals surface area contributed by atoms with Crippen LogP contribution in [0.5, 0.6) is 0 Å². The van der Waals surface area contributed by atoms with E-state index in [4.69, 9.17) is 0 Å². The van der Waals surface area contributed by atoms with Crippen LogP contribution in [0.2, 0.25) is 0 Å². The van der Waals surface area contributed by atoms with Crippen molar-refractivity contribution in [2.24, 2.45) is 0 Å². The van der Waals surface area contributed by atoms with Gasteiger partial charge >= 0.3 is 168 Å². The molecule has 0 saturated heterocycles. The van der Waals surface area contributed by atoms with Gasteiger partial charge in [0.25, 0.3) is 0 Å². The summed E-state index contributed by atoms with van der Waals surface area (Å²) in [5, 5.41) is 51.2. The van der Waals surface area contributed by atoms with E-state index < -0.39 is 6.60 Å². The zero-order valence-electron chi connectivity index (χ0n) is 16.1. The van der Waals surface area contributed by atoms with Gasteiger partial charge in [-0.3, -0.25) is 0 Å². The molecule has 0 amide bonds. The van der Waals surface area contributed by atoms with Crippen molar-refractivity contribution in [2.45, 2.75) is 0 Å². The Balaban J connectivity index is 0.00000320. The van der Waals surface area contributed by atoms with E-state index in [9.17, 15) is 26.3 Å². The van der Waals surface area contributed by atoms with E-state index in [1.807, 2.05) is 18.2 Å². The van der Waals surface area contributed by atoms with Crippen molar-refractivity contribution < 1.29 is 0 Å². The summed E-state index contributed by atoms with van der Waals surface area (Å²) in [6.07, 6.45) is 0. The summed E-state index contributed by atoms with van der Waals surface area (Å²) in [4.78, 5) is 0. The fraction of sp³-hybridized carbons (Fsp3) is 0. The second-order valence-electron chi connectivity index (χ2n) is 6.21. The molecule has 3 aromatic carbocycles. The quantitative estimate of drug-likeness (QED) is 0.484. The van der Waals surface area contributed by atoms with Gasteiger partial charge in [-0.15, -0.1) is 0 Å². The Morgan fingerprint density at radius 3 is 1.37 bits per heavy atom. The Kier molecular flexibility index (Phi) is 6.78. The van der Waals surface area contributed by atoms with Gasteiger partial charge in [0.05, 0.1) is 0 Å². The zero-order chi connectivity index (χ0) is 20.9. The van der Waals surface area contributed by atoms with Gasteiger partial charge in [-0.05, 0) is 0 Å². The van der Waals surface area contributed by atoms with Crippen LogP contribution in [0.4, 0.5) is 0 Å². The SMILES string of the molecule is N#Cc1ccc(P(C#N)(C#N)(c2ccccc2)c2ccccc2)c(C#N)c1C#N.[Na]. The van der Waals surface area contributed by atoms with Crippen LogP contribution in [0.25, 0.3) is 0 Å². The summed E-state index contributed by atoms with van der Waals surface area (Å²) in [5.41, 5.74) is -0.208. The second-order valence-corrected chi connectivity index (χ2v) is 10.4. The molecule has 30 heavy (non-hydrogen) atoms. The Bertz CT molecular complexity index is 1260. The van der Waals surface area contributed by atoms with Gasteiger partial charge in [0.15, 0.2) is 0 Å². The third-order valence-electron chi connectivity index (χ3n) is 4.95. The molecule has 0 saturated carbocycles. The molecule has 3 rings (SSSR count). The summed E-state index contributed by atoms with van der Waals surface area (Å²) in [5.74, 6) is 4.63. The molecule has 0 unspecified atom stereocenters. The molecule has 0 atom stereocenters. The maximum atomic E-state index is 10.6. The number of hydrogen-bond acceptors (Lipinski definition) is 5. The molecule has 0 aliphatic carbocycles. The molecule has 0 aliphatic rings. The van der Waals surface area contributed by atoms with E-state index in [1.54, 1.807) is 60.7 Å². The topological polar surface area (TPSA) is 119 Å². The summed E-state index contributed by atoms with van der Waals surface area (Å²) < 4.78 is 0. The maximum absolute atomic E-state index is 10.6. The van der Waals surface area contributed by atoms with Crippen molar-refractivity contribution in [1.82, 2.24) is 0 Å². The molecule has 0 heterocycles. The summed E-state index contributed by atoms with van der Waals surface area (Å²) in [7, 11) is 0. The largest absolute Gasteiger partial charge is 0 e. The van der Waals surface area contributed by atoms with Crippen LogP contribution >= 0.6 is 6.60 Å². The van der Waals surface area contributed by atoms with Crippen molar-refractivity contribution in [2.75, 3.05) is 0 Å². The molecule has 0 aliphatic heterocycles. The van der Waals surface area contributed by atoms with Crippen LogP contribution in [-0.2, 0) is 0 Å². The predicted molar refractivity (Wildman–Crippen MR) is 116 cm³/mol. The van der Waals surface area contributed by atoms with Crippen LogP contribution in [0.15, 0.2) is 72.8 Å². The fourth-order valence-corrected chi connectivity index (χ4v) is 7.62. The van der Waals surface area contributed by atoms with E-state index in [2.05, 4.69) is 11.6 Å². The number of rotatable bonds is 3. The third kappa shape index (κ3) is 2.98. The molecular weight excluding hydrogens is 400 g/mol. The first-order valence-corrected chi connectivity index (χ1v) is 10.7. The predicted octanol–water partition coefficient (Wildman–Crippen LogP) is 2.71. The monoisotopic (exact) mass is 412 g/mol. The van der Waals surface area contributed by atoms with Gasteiger partial charge < -0.3 is 0 Å². The Morgan fingerprint density at radius 1 is 0.533 bits per heavy atom. The van der Waals surface area contributed by atoms with Crippen molar-refractivity contribution in [3.05, 3.63) is 89.5 Å². The first-order valence-electron chi connectivity index (χ1n) is 8.47. The minimum absolute atomic E-state index is 0. The van der Waals surface area contributed by atoms with E-state index in [1.165, 1.54) is 12.1 Å². The normalized spacial score (nSPS) is 11.0. The van der Waals surface area contributed by atoms with Gasteiger partial charge in [0.2, 0.25) is 0 Å². The molecule has 3 aromatic rings. The standard InChI is InChI=1S/C23H12N5P.Na/c24-13-18-11-12-23(22(15-26)21(18)14-25)29(16-27,17-28,19-7-3-1-4-8-19)20-9-5-2-6-10-20;/h1-12H;. The molecule has 5 nitrogen and oxygen atoms in total. The van der Waals surface area contributed by atoms with Crippen LogP contribution in [0, 0.1) is 56.1 Å². The molecule has 0 fully saturated rings. The molecule has 1 radical (unpaired) electrons. The third-order valence-corrected chi connectivity index (χ3v) is 9.75. The van der Waals surface area contributed by atoms with Gasteiger partial charge in [0, 0.05) is 29.6 Å². The van der Waals surface area contributed by atoms with Crippen LogP contribution in [0.1, 0.15) is 16.7 Å². The smallest absolute Gasteiger partial charge is 0 e. The molecule has 135 valence electrons. The number of nitrogens with zero attached hydrogens (tertiary/aromatic N) is 5. The van der Waals surface area contributed by atoms with E-state index in [0.29, 0.717) is 10.6 Å². The Labute approximate surface area is 196 Å². The molecule has 0 aromatic heterocycles. The van der Waals surface area contributed by atoms with E-state index in [0.717, 1.165) is 0 Å². The van der Waals surface area contributed by atoms with Gasteiger partial charge in [0.1, 0.15) is 0 Å². The molecule has 0 N–H and O–H groups in total. The average molecular weight is 412 g/mol. The van der Waals surface area contributed by atoms with Crippen molar-refractivity contribution >= 4 is 52.1 Å². The molecular formula is C23H12N5NaP. The molecule has 0 spiro atoms. The number of hydrogen-bond donors (Lipinski definition) is 0. The number of benzene rings is 3. The van der Waals surface area contributed by atoms with Crippen molar-refractivity contribution in [1.29, 1.82) is 26.3 Å². The molecule has 7 heteroatoms. The average Bonchev–Trinajstić information content (AvgIpc) is 2.81. The van der Waals surface area contributed by atoms with Gasteiger partial charge in [-0.2, -0.15) is 0 Å². The second kappa shape index (κ2) is 8.91. The van der Waals surface area contributed by atoms with Crippen molar-refractivity contribution in [3.63, 3.8) is 0 Å². The minimum atomic E-state index is -4.46. The van der Waals surface area contributed by atoms with Crippen molar-refractivity contribution in [3.8, 4) is 29.8 Å². The first kappa shape index (κ1) is 22.8. The fourth-order valence-electron chi connectivity index (χ4n) is 3.53. The Hall–Kier alpha value is -3.46. The Morgan fingerprint density at radius 2 is 1.00 bits per heavy atom. The molecule has 0 bridgehead atoms. The minimum Gasteiger partial charge on any atom is 0 e. The van der Waals surface area contributed by atoms with Gasteiger partial charge in [-0.25, -0.2) is 0 Å². The zero-order valence-corrected chi connectivity index (χ0v) is 19.0. The maximum Gasteiger partial charge on any atom is 0 e. The number of nitriles is 5. The summed E-state index contributed by atoms with van der Waals surface area (Å²) >= 11 is 0. The van der Waals surface area contributed by atoms with E-state index in [-0.39, 0.29) is 51.6 Å². The van der Waals surface area contributed by atoms with Crippen LogP contribution < -0.4 is 15.9 Å². The van der Waals surface area contributed by atoms with Crippen LogP contribution in [0.3, 0.4) is 0 Å². The summed E-state index contributed by atoms with van der Waals surface area (Å²) in [6.45, 7) is -4.46. The first-order chi connectivity index (χ1) is 14.1. The van der Waals surface area contributed by atoms with Crippen LogP contribution in [-0.4, -0.2) is 29.6 Å².